The number of nitrogens with zero attached hydrogens (tertiary/aromatic N) is 2. The van der Waals surface area contributed by atoms with E-state index in [1.165, 1.54) is 31.6 Å². The highest BCUT2D eigenvalue weighted by atomic mass is 19.4. The third kappa shape index (κ3) is 4.83. The average Bonchev–Trinajstić information content (AvgIpc) is 2.70. The summed E-state index contributed by atoms with van der Waals surface area (Å²) < 4.78 is 57.7. The Balaban J connectivity index is 1.96. The molecule has 2 N–H and O–H groups in total. The smallest absolute Gasteiger partial charge is 0.416 e. The number of carbonyl (C=O) groups excluding carboxylic acids is 1. The number of rotatable bonds is 5. The van der Waals surface area contributed by atoms with E-state index >= 15 is 0 Å². The van der Waals surface area contributed by atoms with Crippen molar-refractivity contribution in [1.82, 2.24) is 9.97 Å². The minimum absolute atomic E-state index is 0.0532. The van der Waals surface area contributed by atoms with Gasteiger partial charge in [-0.2, -0.15) is 13.2 Å². The highest BCUT2D eigenvalue weighted by molar-refractivity contribution is 6.08. The first kappa shape index (κ1) is 21.0. The largest absolute Gasteiger partial charge is 0.467 e. The molecule has 30 heavy (non-hydrogen) atoms. The molecule has 0 aliphatic carbocycles. The van der Waals surface area contributed by atoms with E-state index in [9.17, 15) is 22.4 Å². The molecular formula is C20H16F4N4O2. The van der Waals surface area contributed by atoms with Crippen LogP contribution in [0.3, 0.4) is 0 Å². The summed E-state index contributed by atoms with van der Waals surface area (Å²) >= 11 is 0. The number of aryl methyl sites for hydroxylation is 1. The molecule has 0 radical (unpaired) electrons. The summed E-state index contributed by atoms with van der Waals surface area (Å²) in [5.41, 5.74) is -0.0346. The lowest BCUT2D eigenvalue weighted by molar-refractivity contribution is -0.137. The molecule has 1 aromatic heterocycles. The van der Waals surface area contributed by atoms with Crippen LogP contribution < -0.4 is 15.4 Å². The summed E-state index contributed by atoms with van der Waals surface area (Å²) in [7, 11) is 1.38. The van der Waals surface area contributed by atoms with Gasteiger partial charge in [0.05, 0.1) is 42.0 Å². The Morgan fingerprint density at radius 2 is 1.73 bits per heavy atom. The quantitative estimate of drug-likeness (QED) is 0.572. The molecule has 1 heterocycles. The van der Waals surface area contributed by atoms with Gasteiger partial charge in [-0.3, -0.25) is 4.79 Å². The number of hydrogen-bond acceptors (Lipinski definition) is 5. The van der Waals surface area contributed by atoms with Crippen LogP contribution in [0.2, 0.25) is 0 Å². The van der Waals surface area contributed by atoms with Gasteiger partial charge in [-0.1, -0.05) is 0 Å². The zero-order chi connectivity index (χ0) is 21.9. The van der Waals surface area contributed by atoms with Crippen molar-refractivity contribution in [2.24, 2.45) is 0 Å². The molecule has 3 rings (SSSR count). The number of methoxy groups -OCH3 is 1. The number of aromatic nitrogens is 2. The van der Waals surface area contributed by atoms with Crippen LogP contribution in [0.25, 0.3) is 0 Å². The van der Waals surface area contributed by atoms with Gasteiger partial charge in [0.25, 0.3) is 5.91 Å². The minimum Gasteiger partial charge on any atom is -0.467 e. The van der Waals surface area contributed by atoms with Gasteiger partial charge in [-0.05, 0) is 48.9 Å². The van der Waals surface area contributed by atoms with E-state index in [1.54, 1.807) is 6.92 Å². The number of benzene rings is 2. The van der Waals surface area contributed by atoms with Gasteiger partial charge in [0.1, 0.15) is 5.82 Å². The molecule has 1 amide bonds. The van der Waals surface area contributed by atoms with Gasteiger partial charge in [0.2, 0.25) is 0 Å². The van der Waals surface area contributed by atoms with Crippen molar-refractivity contribution in [2.45, 2.75) is 13.1 Å². The van der Waals surface area contributed by atoms with Crippen LogP contribution in [0.4, 0.5) is 34.6 Å². The lowest BCUT2D eigenvalue weighted by Crippen LogP contribution is -2.16. The predicted octanol–water partition coefficient (Wildman–Crippen LogP) is 4.95. The average molecular weight is 420 g/mol. The van der Waals surface area contributed by atoms with Crippen molar-refractivity contribution < 1.29 is 27.1 Å². The topological polar surface area (TPSA) is 76.1 Å². The van der Waals surface area contributed by atoms with Crippen molar-refractivity contribution >= 4 is 23.0 Å². The molecule has 2 aromatic carbocycles. The first-order valence-electron chi connectivity index (χ1n) is 8.59. The van der Waals surface area contributed by atoms with Crippen LogP contribution in [0, 0.1) is 12.7 Å². The molecule has 0 aliphatic rings. The van der Waals surface area contributed by atoms with Crippen molar-refractivity contribution in [3.63, 3.8) is 0 Å². The monoisotopic (exact) mass is 420 g/mol. The Morgan fingerprint density at radius 1 is 1.03 bits per heavy atom. The summed E-state index contributed by atoms with van der Waals surface area (Å²) in [6, 6.07) is 6.55. The predicted molar refractivity (Wildman–Crippen MR) is 102 cm³/mol. The third-order valence-electron chi connectivity index (χ3n) is 4.12. The summed E-state index contributed by atoms with van der Waals surface area (Å²) in [6.45, 7) is 1.59. The molecule has 156 valence electrons. The number of ether oxygens (including phenoxy) is 1. The van der Waals surface area contributed by atoms with Crippen LogP contribution in [-0.2, 0) is 6.18 Å². The van der Waals surface area contributed by atoms with E-state index < -0.39 is 23.5 Å². The molecule has 0 unspecified atom stereocenters. The number of halogens is 4. The lowest BCUT2D eigenvalue weighted by Gasteiger charge is -2.16. The molecule has 0 bridgehead atoms. The van der Waals surface area contributed by atoms with E-state index in [4.69, 9.17) is 4.74 Å². The number of amides is 1. The molecule has 0 fully saturated rings. The standard InChI is InChI=1S/C20H16F4N4O2/c1-11-7-13(21)4-6-16(11)28-17-8-12(20(22,23)24)3-5-15(17)18(29)27-14-9-25-19(30-2)26-10-14/h3-10,28H,1-2H3,(H,27,29). The van der Waals surface area contributed by atoms with E-state index in [0.29, 0.717) is 11.3 Å². The van der Waals surface area contributed by atoms with Gasteiger partial charge in [0.15, 0.2) is 0 Å². The Kier molecular flexibility index (Phi) is 5.86. The second-order valence-corrected chi connectivity index (χ2v) is 6.25. The molecule has 3 aromatic rings. The zero-order valence-corrected chi connectivity index (χ0v) is 15.8. The van der Waals surface area contributed by atoms with E-state index in [-0.39, 0.29) is 22.9 Å². The van der Waals surface area contributed by atoms with Crippen LogP contribution in [0.5, 0.6) is 6.01 Å². The first-order chi connectivity index (χ1) is 14.2. The fraction of sp³-hybridized carbons (Fsp3) is 0.150. The van der Waals surface area contributed by atoms with Crippen LogP contribution in [-0.4, -0.2) is 23.0 Å². The fourth-order valence-corrected chi connectivity index (χ4v) is 2.62. The maximum Gasteiger partial charge on any atom is 0.416 e. The second-order valence-electron chi connectivity index (χ2n) is 6.25. The van der Waals surface area contributed by atoms with Crippen molar-refractivity contribution in [3.05, 3.63) is 71.3 Å². The zero-order valence-electron chi connectivity index (χ0n) is 15.8. The number of hydrogen-bond donors (Lipinski definition) is 2. The molecule has 10 heteroatoms. The molecule has 6 nitrogen and oxygen atoms in total. The number of alkyl halides is 3. The van der Waals surface area contributed by atoms with Gasteiger partial charge >= 0.3 is 12.2 Å². The Hall–Kier alpha value is -3.69. The molecule has 0 aliphatic heterocycles. The second kappa shape index (κ2) is 8.36. The van der Waals surface area contributed by atoms with Gasteiger partial charge in [0, 0.05) is 5.69 Å². The third-order valence-corrected chi connectivity index (χ3v) is 4.12. The number of anilines is 3. The van der Waals surface area contributed by atoms with E-state index in [1.807, 2.05) is 0 Å². The molecule has 0 spiro atoms. The van der Waals surface area contributed by atoms with Crippen molar-refractivity contribution in [2.75, 3.05) is 17.7 Å². The summed E-state index contributed by atoms with van der Waals surface area (Å²) in [4.78, 5) is 20.4. The van der Waals surface area contributed by atoms with E-state index in [0.717, 1.165) is 24.3 Å². The lowest BCUT2D eigenvalue weighted by atomic mass is 10.1. The Bertz CT molecular complexity index is 1070. The normalized spacial score (nSPS) is 11.1. The Labute approximate surface area is 168 Å². The maximum absolute atomic E-state index is 13.3. The summed E-state index contributed by atoms with van der Waals surface area (Å²) in [5, 5.41) is 5.30. The summed E-state index contributed by atoms with van der Waals surface area (Å²) in [5.74, 6) is -1.17. The van der Waals surface area contributed by atoms with Crippen LogP contribution in [0.1, 0.15) is 21.5 Å². The minimum atomic E-state index is -4.60. The SMILES string of the molecule is COc1ncc(NC(=O)c2ccc(C(F)(F)F)cc2Nc2ccc(F)cc2C)cn1. The number of nitrogens with one attached hydrogen (secondary N) is 2. The van der Waals surface area contributed by atoms with Crippen LogP contribution in [0.15, 0.2) is 48.8 Å². The summed E-state index contributed by atoms with van der Waals surface area (Å²) in [6.07, 6.45) is -2.01. The first-order valence-corrected chi connectivity index (χ1v) is 8.59. The highest BCUT2D eigenvalue weighted by Gasteiger charge is 2.31. The van der Waals surface area contributed by atoms with Crippen LogP contribution >= 0.6 is 0 Å². The van der Waals surface area contributed by atoms with Gasteiger partial charge < -0.3 is 15.4 Å². The Morgan fingerprint density at radius 3 is 2.33 bits per heavy atom. The maximum atomic E-state index is 13.3. The molecule has 0 atom stereocenters. The van der Waals surface area contributed by atoms with E-state index in [2.05, 4.69) is 20.6 Å². The molecular weight excluding hydrogens is 404 g/mol. The molecule has 0 saturated carbocycles. The van der Waals surface area contributed by atoms with Crippen molar-refractivity contribution in [3.8, 4) is 6.01 Å². The van der Waals surface area contributed by atoms with Gasteiger partial charge in [-0.25, -0.2) is 14.4 Å². The van der Waals surface area contributed by atoms with Crippen molar-refractivity contribution in [1.29, 1.82) is 0 Å². The fourth-order valence-electron chi connectivity index (χ4n) is 2.62. The van der Waals surface area contributed by atoms with Gasteiger partial charge in [-0.15, -0.1) is 0 Å². The number of carbonyl (C=O) groups is 1. The molecule has 0 saturated heterocycles. The highest BCUT2D eigenvalue weighted by Crippen LogP contribution is 2.34.